The maximum atomic E-state index is 14.1. The summed E-state index contributed by atoms with van der Waals surface area (Å²) in [5, 5.41) is 4.79. The second-order valence-corrected chi connectivity index (χ2v) is 7.06. The largest absolute Gasteiger partial charge is 0.496 e. The van der Waals surface area contributed by atoms with E-state index in [9.17, 15) is 14.0 Å². The molecule has 3 aromatic rings. The van der Waals surface area contributed by atoms with Gasteiger partial charge in [-0.05, 0) is 24.3 Å². The molecule has 0 saturated carbocycles. The van der Waals surface area contributed by atoms with E-state index in [1.165, 1.54) is 47.4 Å². The monoisotopic (exact) mass is 425 g/mol. The van der Waals surface area contributed by atoms with E-state index < -0.39 is 5.82 Å². The summed E-state index contributed by atoms with van der Waals surface area (Å²) in [6, 6.07) is 13.4. The van der Waals surface area contributed by atoms with Gasteiger partial charge in [-0.3, -0.25) is 14.5 Å². The zero-order valence-electron chi connectivity index (χ0n) is 16.5. The molecule has 0 radical (unpaired) electrons. The van der Waals surface area contributed by atoms with Gasteiger partial charge in [0, 0.05) is 30.5 Å². The van der Waals surface area contributed by atoms with Crippen LogP contribution in [0.1, 0.15) is 18.2 Å². The van der Waals surface area contributed by atoms with Crippen molar-refractivity contribution in [3.8, 4) is 5.75 Å². The Morgan fingerprint density at radius 3 is 2.67 bits per heavy atom. The Balaban J connectivity index is 1.68. The highest BCUT2D eigenvalue weighted by Crippen LogP contribution is 2.30. The Hall–Kier alpha value is -3.52. The SMILES string of the molecule is COc1ccccc1CNC(=O)/C=C/c1csc(N(C(C)=O)c2ccccc2F)n1. The third-order valence-corrected chi connectivity index (χ3v) is 5.00. The number of carbonyl (C=O) groups excluding carboxylic acids is 2. The fourth-order valence-corrected chi connectivity index (χ4v) is 3.60. The molecular formula is C22H20FN3O3S. The summed E-state index contributed by atoms with van der Waals surface area (Å²) in [4.78, 5) is 29.7. The van der Waals surface area contributed by atoms with Gasteiger partial charge in [-0.2, -0.15) is 0 Å². The summed E-state index contributed by atoms with van der Waals surface area (Å²) in [6.07, 6.45) is 2.90. The van der Waals surface area contributed by atoms with Crippen LogP contribution in [0.4, 0.5) is 15.2 Å². The Labute approximate surface area is 177 Å². The number of rotatable bonds is 7. The molecular weight excluding hydrogens is 405 g/mol. The molecule has 0 saturated heterocycles. The first kappa shape index (κ1) is 21.2. The number of para-hydroxylation sites is 2. The van der Waals surface area contributed by atoms with Gasteiger partial charge in [0.2, 0.25) is 11.8 Å². The highest BCUT2D eigenvalue weighted by atomic mass is 32.1. The number of thiazole rings is 1. The number of hydrogen-bond donors (Lipinski definition) is 1. The summed E-state index contributed by atoms with van der Waals surface area (Å²) in [5.41, 5.74) is 1.48. The van der Waals surface area contributed by atoms with Crippen molar-refractivity contribution in [3.63, 3.8) is 0 Å². The number of ether oxygens (including phenoxy) is 1. The molecule has 1 heterocycles. The maximum absolute atomic E-state index is 14.1. The molecule has 1 N–H and O–H groups in total. The average molecular weight is 425 g/mol. The summed E-state index contributed by atoms with van der Waals surface area (Å²) < 4.78 is 19.4. The number of amides is 2. The molecule has 0 aliphatic heterocycles. The third kappa shape index (κ3) is 5.09. The number of nitrogens with zero attached hydrogens (tertiary/aromatic N) is 2. The molecule has 8 heteroatoms. The molecule has 30 heavy (non-hydrogen) atoms. The van der Waals surface area contributed by atoms with E-state index in [2.05, 4.69) is 10.3 Å². The smallest absolute Gasteiger partial charge is 0.244 e. The van der Waals surface area contributed by atoms with Crippen LogP contribution in [0.3, 0.4) is 0 Å². The molecule has 2 aromatic carbocycles. The molecule has 0 bridgehead atoms. The number of nitrogens with one attached hydrogen (secondary N) is 1. The van der Waals surface area contributed by atoms with Gasteiger partial charge >= 0.3 is 0 Å². The topological polar surface area (TPSA) is 71.5 Å². The molecule has 3 rings (SSSR count). The molecule has 154 valence electrons. The molecule has 0 aliphatic carbocycles. The predicted octanol–water partition coefficient (Wildman–Crippen LogP) is 4.31. The van der Waals surface area contributed by atoms with Crippen LogP contribution >= 0.6 is 11.3 Å². The van der Waals surface area contributed by atoms with Crippen molar-refractivity contribution in [1.82, 2.24) is 10.3 Å². The first-order chi connectivity index (χ1) is 14.5. The van der Waals surface area contributed by atoms with Crippen molar-refractivity contribution in [2.45, 2.75) is 13.5 Å². The minimum absolute atomic E-state index is 0.129. The number of halogens is 1. The number of hydrogen-bond acceptors (Lipinski definition) is 5. The second kappa shape index (κ2) is 9.80. The molecule has 0 unspecified atom stereocenters. The highest BCUT2D eigenvalue weighted by molar-refractivity contribution is 7.14. The van der Waals surface area contributed by atoms with Crippen LogP contribution < -0.4 is 15.0 Å². The van der Waals surface area contributed by atoms with E-state index in [1.807, 2.05) is 24.3 Å². The fraction of sp³-hybridized carbons (Fsp3) is 0.136. The summed E-state index contributed by atoms with van der Waals surface area (Å²) in [6.45, 7) is 1.66. The minimum Gasteiger partial charge on any atom is -0.496 e. The number of benzene rings is 2. The Kier molecular flexibility index (Phi) is 6.92. The summed E-state index contributed by atoms with van der Waals surface area (Å²) >= 11 is 1.18. The maximum Gasteiger partial charge on any atom is 0.244 e. The Bertz CT molecular complexity index is 1080. The van der Waals surface area contributed by atoms with E-state index in [-0.39, 0.29) is 17.5 Å². The van der Waals surface area contributed by atoms with E-state index in [4.69, 9.17) is 4.74 Å². The van der Waals surface area contributed by atoms with Crippen molar-refractivity contribution in [3.05, 3.63) is 77.1 Å². The minimum atomic E-state index is -0.518. The van der Waals surface area contributed by atoms with Gasteiger partial charge in [-0.1, -0.05) is 30.3 Å². The number of anilines is 2. The van der Waals surface area contributed by atoms with E-state index >= 15 is 0 Å². The molecule has 0 fully saturated rings. The van der Waals surface area contributed by atoms with Crippen molar-refractivity contribution in [1.29, 1.82) is 0 Å². The first-order valence-electron chi connectivity index (χ1n) is 9.08. The number of carbonyl (C=O) groups is 2. The van der Waals surface area contributed by atoms with Gasteiger partial charge in [0.1, 0.15) is 11.6 Å². The normalized spacial score (nSPS) is 10.8. The lowest BCUT2D eigenvalue weighted by Crippen LogP contribution is -2.23. The van der Waals surface area contributed by atoms with E-state index in [1.54, 1.807) is 24.6 Å². The highest BCUT2D eigenvalue weighted by Gasteiger charge is 2.20. The van der Waals surface area contributed by atoms with Gasteiger partial charge in [0.25, 0.3) is 0 Å². The lowest BCUT2D eigenvalue weighted by atomic mass is 10.2. The summed E-state index contributed by atoms with van der Waals surface area (Å²) in [5.74, 6) is -0.480. The van der Waals surface area contributed by atoms with Crippen LogP contribution in [0.15, 0.2) is 60.0 Å². The molecule has 6 nitrogen and oxygen atoms in total. The average Bonchev–Trinajstić information content (AvgIpc) is 3.20. The van der Waals surface area contributed by atoms with Crippen LogP contribution in [0, 0.1) is 5.82 Å². The summed E-state index contributed by atoms with van der Waals surface area (Å²) in [7, 11) is 1.58. The third-order valence-electron chi connectivity index (χ3n) is 4.16. The van der Waals surface area contributed by atoms with Gasteiger partial charge in [0.15, 0.2) is 5.13 Å². The van der Waals surface area contributed by atoms with Crippen LogP contribution in [-0.4, -0.2) is 23.9 Å². The molecule has 0 aliphatic rings. The van der Waals surface area contributed by atoms with E-state index in [0.29, 0.717) is 23.1 Å². The van der Waals surface area contributed by atoms with Crippen LogP contribution in [-0.2, 0) is 16.1 Å². The molecule has 1 aromatic heterocycles. The lowest BCUT2D eigenvalue weighted by molar-refractivity contribution is -0.117. The Morgan fingerprint density at radius 1 is 1.20 bits per heavy atom. The standard InChI is InChI=1S/C22H20FN3O3S/c1-15(27)26(19-9-5-4-8-18(19)23)22-25-17(14-30-22)11-12-21(28)24-13-16-7-3-6-10-20(16)29-2/h3-12,14H,13H2,1-2H3,(H,24,28)/b12-11+. The lowest BCUT2D eigenvalue weighted by Gasteiger charge is -2.18. The van der Waals surface area contributed by atoms with Crippen molar-refractivity contribution in [2.75, 3.05) is 12.0 Å². The first-order valence-corrected chi connectivity index (χ1v) is 9.96. The van der Waals surface area contributed by atoms with Crippen molar-refractivity contribution >= 4 is 40.0 Å². The van der Waals surface area contributed by atoms with Crippen molar-refractivity contribution < 1.29 is 18.7 Å². The molecule has 0 atom stereocenters. The molecule has 2 amide bonds. The number of methoxy groups -OCH3 is 1. The fourth-order valence-electron chi connectivity index (χ4n) is 2.75. The van der Waals surface area contributed by atoms with Gasteiger partial charge in [0.05, 0.1) is 18.5 Å². The van der Waals surface area contributed by atoms with E-state index in [0.717, 1.165) is 5.56 Å². The van der Waals surface area contributed by atoms with Crippen LogP contribution in [0.25, 0.3) is 6.08 Å². The van der Waals surface area contributed by atoms with Crippen LogP contribution in [0.2, 0.25) is 0 Å². The number of aromatic nitrogens is 1. The van der Waals surface area contributed by atoms with Gasteiger partial charge < -0.3 is 10.1 Å². The van der Waals surface area contributed by atoms with Gasteiger partial charge in [-0.25, -0.2) is 9.37 Å². The quantitative estimate of drug-likeness (QED) is 0.573. The van der Waals surface area contributed by atoms with Crippen molar-refractivity contribution in [2.24, 2.45) is 0 Å². The zero-order chi connectivity index (χ0) is 21.5. The molecule has 0 spiro atoms. The predicted molar refractivity (Wildman–Crippen MR) is 115 cm³/mol. The van der Waals surface area contributed by atoms with Gasteiger partial charge in [-0.15, -0.1) is 11.3 Å². The van der Waals surface area contributed by atoms with Crippen LogP contribution in [0.5, 0.6) is 5.75 Å². The second-order valence-electron chi connectivity index (χ2n) is 6.22. The Morgan fingerprint density at radius 2 is 1.93 bits per heavy atom. The zero-order valence-corrected chi connectivity index (χ0v) is 17.3.